The molecule has 0 aromatic carbocycles. The first kappa shape index (κ1) is 15.4. The molecule has 0 radical (unpaired) electrons. The van der Waals surface area contributed by atoms with Crippen LogP contribution in [0.25, 0.3) is 0 Å². The van der Waals surface area contributed by atoms with Crippen LogP contribution < -0.4 is 10.6 Å². The molecule has 1 fully saturated rings. The molecule has 0 unspecified atom stereocenters. The lowest BCUT2D eigenvalue weighted by molar-refractivity contribution is -0.139. The van der Waals surface area contributed by atoms with Crippen LogP contribution in [0.3, 0.4) is 0 Å². The first-order chi connectivity index (χ1) is 10.1. The van der Waals surface area contributed by atoms with Crippen molar-refractivity contribution in [3.8, 4) is 0 Å². The number of carboxylic acid groups (broad SMARTS) is 1. The number of carbonyl (C=O) groups is 2. The van der Waals surface area contributed by atoms with Crippen molar-refractivity contribution < 1.29 is 19.1 Å². The fourth-order valence-electron chi connectivity index (χ4n) is 2.49. The van der Waals surface area contributed by atoms with Crippen LogP contribution in [0.15, 0.2) is 22.8 Å². The van der Waals surface area contributed by atoms with E-state index in [-0.39, 0.29) is 24.7 Å². The highest BCUT2D eigenvalue weighted by Gasteiger charge is 2.34. The highest BCUT2D eigenvalue weighted by atomic mass is 16.4. The van der Waals surface area contributed by atoms with Gasteiger partial charge in [-0.05, 0) is 31.5 Å². The third kappa shape index (κ3) is 4.49. The normalized spacial score (nSPS) is 20.9. The maximum absolute atomic E-state index is 11.7. The zero-order chi connectivity index (χ0) is 15.2. The molecule has 1 aliphatic rings. The van der Waals surface area contributed by atoms with Gasteiger partial charge in [0.05, 0.1) is 19.4 Å². The van der Waals surface area contributed by atoms with E-state index in [1.165, 1.54) is 0 Å². The average molecular weight is 295 g/mol. The number of hydrogen-bond donors (Lipinski definition) is 3. The summed E-state index contributed by atoms with van der Waals surface area (Å²) in [6.07, 6.45) is 3.14. The molecular formula is C14H21N3O4. The smallest absolute Gasteiger partial charge is 0.317 e. The molecule has 21 heavy (non-hydrogen) atoms. The molecule has 116 valence electrons. The van der Waals surface area contributed by atoms with E-state index in [2.05, 4.69) is 10.6 Å². The van der Waals surface area contributed by atoms with Crippen molar-refractivity contribution >= 4 is 12.0 Å². The molecule has 7 nitrogen and oxygen atoms in total. The van der Waals surface area contributed by atoms with Gasteiger partial charge in [0.15, 0.2) is 0 Å². The molecule has 1 saturated carbocycles. The number of rotatable bonds is 7. The average Bonchev–Trinajstić information content (AvgIpc) is 2.90. The minimum atomic E-state index is -0.815. The first-order valence-corrected chi connectivity index (χ1v) is 7.11. The predicted molar refractivity (Wildman–Crippen MR) is 75.8 cm³/mol. The van der Waals surface area contributed by atoms with E-state index in [4.69, 9.17) is 9.52 Å². The quantitative estimate of drug-likeness (QED) is 0.698. The van der Waals surface area contributed by atoms with E-state index in [1.807, 2.05) is 11.8 Å². The SMILES string of the molecule is CCN(CC(=O)O)C1CC(NC(=O)NCc2ccco2)C1. The van der Waals surface area contributed by atoms with Crippen molar-refractivity contribution in [2.45, 2.75) is 38.4 Å². The standard InChI is InChI=1S/C14H21N3O4/c1-2-17(9-13(18)19)11-6-10(7-11)16-14(20)15-8-12-4-3-5-21-12/h3-5,10-11H,2,6-9H2,1H3,(H,18,19)(H2,15,16,20). The van der Waals surface area contributed by atoms with E-state index < -0.39 is 5.97 Å². The van der Waals surface area contributed by atoms with Crippen LogP contribution in [0.2, 0.25) is 0 Å². The van der Waals surface area contributed by atoms with Crippen molar-refractivity contribution in [2.24, 2.45) is 0 Å². The fraction of sp³-hybridized carbons (Fsp3) is 0.571. The highest BCUT2D eigenvalue weighted by molar-refractivity contribution is 5.74. The van der Waals surface area contributed by atoms with Crippen molar-refractivity contribution in [3.05, 3.63) is 24.2 Å². The summed E-state index contributed by atoms with van der Waals surface area (Å²) in [6.45, 7) is 3.06. The van der Waals surface area contributed by atoms with Gasteiger partial charge in [-0.2, -0.15) is 0 Å². The monoisotopic (exact) mass is 295 g/mol. The summed E-state index contributed by atoms with van der Waals surface area (Å²) in [7, 11) is 0. The second-order valence-corrected chi connectivity index (χ2v) is 5.19. The molecule has 0 aliphatic heterocycles. The summed E-state index contributed by atoms with van der Waals surface area (Å²) in [5.41, 5.74) is 0. The van der Waals surface area contributed by atoms with Crippen LogP contribution in [-0.2, 0) is 11.3 Å². The topological polar surface area (TPSA) is 94.8 Å². The second-order valence-electron chi connectivity index (χ2n) is 5.19. The van der Waals surface area contributed by atoms with E-state index >= 15 is 0 Å². The number of aliphatic carboxylic acids is 1. The van der Waals surface area contributed by atoms with Gasteiger partial charge in [-0.1, -0.05) is 6.92 Å². The van der Waals surface area contributed by atoms with Gasteiger partial charge in [-0.25, -0.2) is 4.79 Å². The van der Waals surface area contributed by atoms with Crippen LogP contribution in [0.5, 0.6) is 0 Å². The van der Waals surface area contributed by atoms with Gasteiger partial charge < -0.3 is 20.2 Å². The van der Waals surface area contributed by atoms with Crippen molar-refractivity contribution in [1.29, 1.82) is 0 Å². The van der Waals surface area contributed by atoms with Crippen LogP contribution in [0.1, 0.15) is 25.5 Å². The molecule has 0 atom stereocenters. The Labute approximate surface area is 123 Å². The number of nitrogens with zero attached hydrogens (tertiary/aromatic N) is 1. The molecule has 0 bridgehead atoms. The zero-order valence-corrected chi connectivity index (χ0v) is 12.0. The second kappa shape index (κ2) is 7.12. The van der Waals surface area contributed by atoms with Gasteiger partial charge in [-0.3, -0.25) is 9.69 Å². The molecule has 2 rings (SSSR count). The maximum atomic E-state index is 11.7. The molecule has 0 spiro atoms. The van der Waals surface area contributed by atoms with Gasteiger partial charge >= 0.3 is 12.0 Å². The van der Waals surface area contributed by atoms with Gasteiger partial charge in [0.2, 0.25) is 0 Å². The number of carbonyl (C=O) groups excluding carboxylic acids is 1. The zero-order valence-electron chi connectivity index (χ0n) is 12.0. The molecule has 1 aromatic rings. The number of likely N-dealkylation sites (N-methyl/N-ethyl adjacent to an activating group) is 1. The van der Waals surface area contributed by atoms with E-state index in [0.717, 1.165) is 12.8 Å². The minimum Gasteiger partial charge on any atom is -0.480 e. The summed E-state index contributed by atoms with van der Waals surface area (Å²) in [4.78, 5) is 24.4. The van der Waals surface area contributed by atoms with Crippen molar-refractivity contribution in [3.63, 3.8) is 0 Å². The van der Waals surface area contributed by atoms with Crippen LogP contribution in [0.4, 0.5) is 4.79 Å². The molecule has 2 amide bonds. The Balaban J connectivity index is 1.65. The van der Waals surface area contributed by atoms with Crippen LogP contribution in [-0.4, -0.2) is 47.2 Å². The summed E-state index contributed by atoms with van der Waals surface area (Å²) in [5.74, 6) is -0.111. The summed E-state index contributed by atoms with van der Waals surface area (Å²) < 4.78 is 5.12. The van der Waals surface area contributed by atoms with E-state index in [0.29, 0.717) is 18.8 Å². The first-order valence-electron chi connectivity index (χ1n) is 7.11. The highest BCUT2D eigenvalue weighted by Crippen LogP contribution is 2.25. The van der Waals surface area contributed by atoms with E-state index in [1.54, 1.807) is 18.4 Å². The molecule has 3 N–H and O–H groups in total. The molecule has 0 saturated heterocycles. The Morgan fingerprint density at radius 2 is 2.24 bits per heavy atom. The van der Waals surface area contributed by atoms with Crippen LogP contribution >= 0.6 is 0 Å². The lowest BCUT2D eigenvalue weighted by Gasteiger charge is -2.42. The maximum Gasteiger partial charge on any atom is 0.317 e. The fourth-order valence-corrected chi connectivity index (χ4v) is 2.49. The number of carboxylic acids is 1. The van der Waals surface area contributed by atoms with E-state index in [9.17, 15) is 9.59 Å². The van der Waals surface area contributed by atoms with Gasteiger partial charge in [-0.15, -0.1) is 0 Å². The number of hydrogen-bond acceptors (Lipinski definition) is 4. The van der Waals surface area contributed by atoms with Crippen molar-refractivity contribution in [1.82, 2.24) is 15.5 Å². The summed E-state index contributed by atoms with van der Waals surface area (Å²) >= 11 is 0. The molecule has 1 aromatic heterocycles. The third-order valence-electron chi connectivity index (χ3n) is 3.71. The lowest BCUT2D eigenvalue weighted by Crippen LogP contribution is -2.56. The summed E-state index contributed by atoms with van der Waals surface area (Å²) in [6, 6.07) is 3.69. The Morgan fingerprint density at radius 1 is 1.48 bits per heavy atom. The predicted octanol–water partition coefficient (Wildman–Crippen LogP) is 1.02. The Bertz CT molecular complexity index is 469. The Kier molecular flexibility index (Phi) is 5.21. The number of nitrogens with one attached hydrogen (secondary N) is 2. The molecular weight excluding hydrogens is 274 g/mol. The van der Waals surface area contributed by atoms with Crippen LogP contribution in [0, 0.1) is 0 Å². The molecule has 1 heterocycles. The van der Waals surface area contributed by atoms with Crippen molar-refractivity contribution in [2.75, 3.05) is 13.1 Å². The number of urea groups is 1. The van der Waals surface area contributed by atoms with Gasteiger partial charge in [0.1, 0.15) is 5.76 Å². The number of furan rings is 1. The van der Waals surface area contributed by atoms with Gasteiger partial charge in [0, 0.05) is 12.1 Å². The molecule has 7 heteroatoms. The minimum absolute atomic E-state index is 0.0541. The lowest BCUT2D eigenvalue weighted by atomic mass is 9.85. The number of amides is 2. The largest absolute Gasteiger partial charge is 0.480 e. The van der Waals surface area contributed by atoms with Gasteiger partial charge in [0.25, 0.3) is 0 Å². The Morgan fingerprint density at radius 3 is 2.81 bits per heavy atom. The third-order valence-corrected chi connectivity index (χ3v) is 3.71. The molecule has 1 aliphatic carbocycles. The summed E-state index contributed by atoms with van der Waals surface area (Å²) in [5, 5.41) is 14.4. The Hall–Kier alpha value is -2.02.